The number of aromatic nitrogens is 1. The maximum atomic E-state index is 5.61. The first-order valence-corrected chi connectivity index (χ1v) is 5.16. The molecule has 3 nitrogen and oxygen atoms in total. The monoisotopic (exact) mass is 247 g/mol. The van der Waals surface area contributed by atoms with Crippen LogP contribution in [0.15, 0.2) is 17.3 Å². The van der Waals surface area contributed by atoms with Crippen molar-refractivity contribution in [3.63, 3.8) is 0 Å². The molecule has 2 rings (SSSR count). The molecule has 1 aliphatic rings. The molecule has 0 atom stereocenters. The molecule has 3 N–H and O–H groups in total. The van der Waals surface area contributed by atoms with E-state index in [1.807, 2.05) is 16.4 Å². The van der Waals surface area contributed by atoms with Crippen LogP contribution in [-0.2, 0) is 0 Å². The lowest BCUT2D eigenvalue weighted by Gasteiger charge is -2.00. The highest BCUT2D eigenvalue weighted by Gasteiger charge is 2.07. The molecule has 0 spiro atoms. The van der Waals surface area contributed by atoms with Crippen LogP contribution in [0.3, 0.4) is 0 Å². The minimum atomic E-state index is -0.0426. The van der Waals surface area contributed by atoms with Gasteiger partial charge in [0, 0.05) is 11.8 Å². The fourth-order valence-corrected chi connectivity index (χ4v) is 2.70. The summed E-state index contributed by atoms with van der Waals surface area (Å²) >= 11 is -0.0426. The number of fused-ring (bicyclic) bond motifs is 1. The predicted molar refractivity (Wildman–Crippen MR) is 50.3 cm³/mol. The number of H-pyrrole nitrogens is 1. The van der Waals surface area contributed by atoms with Gasteiger partial charge in [0.2, 0.25) is 0 Å². The molecular weight excluding hydrogens is 241 g/mol. The second-order valence-electron chi connectivity index (χ2n) is 1.93. The molecule has 4 heteroatoms. The molecule has 10 heavy (non-hydrogen) atoms. The first-order valence-electron chi connectivity index (χ1n) is 2.84. The fourth-order valence-electron chi connectivity index (χ4n) is 0.832. The second-order valence-corrected chi connectivity index (χ2v) is 4.18. The number of aliphatic imine (C=N–C) groups is 1. The van der Waals surface area contributed by atoms with Crippen LogP contribution in [0.25, 0.3) is 0 Å². The SMILES string of the molecule is NC1=NC=Ic2[nH]ccc21. The Bertz CT molecular complexity index is 311. The van der Waals surface area contributed by atoms with Gasteiger partial charge in [0.1, 0.15) is 5.84 Å². The molecule has 1 aromatic rings. The van der Waals surface area contributed by atoms with Gasteiger partial charge in [0.05, 0.1) is 7.84 Å². The lowest BCUT2D eigenvalue weighted by molar-refractivity contribution is 1.34. The molecular formula is C6H6IN3. The normalized spacial score (nSPS) is 15.4. The molecule has 0 saturated carbocycles. The number of nitrogens with one attached hydrogen (secondary N) is 1. The highest BCUT2D eigenvalue weighted by Crippen LogP contribution is 2.17. The van der Waals surface area contributed by atoms with E-state index >= 15 is 0 Å². The molecule has 0 saturated heterocycles. The lowest BCUT2D eigenvalue weighted by Crippen LogP contribution is -2.15. The van der Waals surface area contributed by atoms with E-state index in [4.69, 9.17) is 5.73 Å². The molecule has 0 unspecified atom stereocenters. The van der Waals surface area contributed by atoms with E-state index in [2.05, 4.69) is 9.98 Å². The molecule has 0 aromatic carbocycles. The molecule has 0 bridgehead atoms. The Morgan fingerprint density at radius 1 is 1.60 bits per heavy atom. The fraction of sp³-hybridized carbons (Fsp3) is 0. The number of aromatic amines is 1. The molecule has 0 aliphatic carbocycles. The van der Waals surface area contributed by atoms with Crippen LogP contribution in [0, 0.1) is 3.70 Å². The molecule has 2 heterocycles. The smallest absolute Gasteiger partial charge is 0.133 e. The first-order chi connectivity index (χ1) is 4.88. The van der Waals surface area contributed by atoms with Gasteiger partial charge >= 0.3 is 0 Å². The molecule has 0 radical (unpaired) electrons. The molecule has 1 aromatic heterocycles. The summed E-state index contributed by atoms with van der Waals surface area (Å²) in [4.78, 5) is 7.19. The summed E-state index contributed by atoms with van der Waals surface area (Å²) in [6, 6.07) is 1.97. The average Bonchev–Trinajstić information content (AvgIpc) is 2.36. The number of hydrogen-bond donors (Lipinski definition) is 2. The quantitative estimate of drug-likeness (QED) is 0.649. The van der Waals surface area contributed by atoms with E-state index in [9.17, 15) is 0 Å². The van der Waals surface area contributed by atoms with Gasteiger partial charge < -0.3 is 10.7 Å². The molecule has 0 fully saturated rings. The number of amidine groups is 1. The van der Waals surface area contributed by atoms with Gasteiger partial charge in [-0.15, -0.1) is 0 Å². The van der Waals surface area contributed by atoms with E-state index in [0.29, 0.717) is 5.84 Å². The van der Waals surface area contributed by atoms with Crippen LogP contribution in [0.5, 0.6) is 0 Å². The van der Waals surface area contributed by atoms with E-state index in [1.165, 1.54) is 3.70 Å². The third-order valence-corrected chi connectivity index (χ3v) is 3.39. The zero-order chi connectivity index (χ0) is 6.97. The molecule has 52 valence electrons. The molecule has 0 amide bonds. The standard InChI is InChI=1S/C6H6IN3/c8-6-4-1-2-9-5(4)7-3-10-6/h1-3,9H,(H2,8,10). The van der Waals surface area contributed by atoms with Gasteiger partial charge in [-0.3, -0.25) is 0 Å². The van der Waals surface area contributed by atoms with E-state index < -0.39 is 0 Å². The van der Waals surface area contributed by atoms with Crippen molar-refractivity contribution < 1.29 is 0 Å². The lowest BCUT2D eigenvalue weighted by atomic mass is 10.3. The molecule has 1 aliphatic heterocycles. The Morgan fingerprint density at radius 2 is 2.50 bits per heavy atom. The van der Waals surface area contributed by atoms with E-state index in [-0.39, 0.29) is 20.7 Å². The largest absolute Gasteiger partial charge is 0.383 e. The number of nitrogens with zero attached hydrogens (tertiary/aromatic N) is 1. The van der Waals surface area contributed by atoms with Gasteiger partial charge in [-0.1, -0.05) is 0 Å². The van der Waals surface area contributed by atoms with Crippen LogP contribution >= 0.6 is 20.7 Å². The highest BCUT2D eigenvalue weighted by molar-refractivity contribution is 14.2. The summed E-state index contributed by atoms with van der Waals surface area (Å²) in [6.45, 7) is 0. The number of hydrogen-bond acceptors (Lipinski definition) is 2. The average molecular weight is 247 g/mol. The van der Waals surface area contributed by atoms with Crippen LogP contribution in [0.1, 0.15) is 5.56 Å². The predicted octanol–water partition coefficient (Wildman–Crippen LogP) is 0.634. The van der Waals surface area contributed by atoms with Gasteiger partial charge in [-0.2, -0.15) is 0 Å². The minimum absolute atomic E-state index is 0.0426. The zero-order valence-electron chi connectivity index (χ0n) is 5.13. The van der Waals surface area contributed by atoms with Crippen molar-refractivity contribution in [2.24, 2.45) is 10.7 Å². The number of nitrogens with two attached hydrogens (primary N) is 1. The van der Waals surface area contributed by atoms with Crippen molar-refractivity contribution in [3.05, 3.63) is 21.5 Å². The number of halogens is 1. The Kier molecular flexibility index (Phi) is 1.33. The van der Waals surface area contributed by atoms with E-state index in [0.717, 1.165) is 5.56 Å². The Morgan fingerprint density at radius 3 is 3.30 bits per heavy atom. The van der Waals surface area contributed by atoms with Gasteiger partial charge in [0.25, 0.3) is 0 Å². The zero-order valence-corrected chi connectivity index (χ0v) is 7.29. The maximum absolute atomic E-state index is 5.61. The summed E-state index contributed by atoms with van der Waals surface area (Å²) in [6.07, 6.45) is 1.91. The van der Waals surface area contributed by atoms with Crippen molar-refractivity contribution in [1.29, 1.82) is 0 Å². The van der Waals surface area contributed by atoms with Crippen molar-refractivity contribution in [1.82, 2.24) is 4.98 Å². The van der Waals surface area contributed by atoms with Crippen molar-refractivity contribution in [3.8, 4) is 0 Å². The summed E-state index contributed by atoms with van der Waals surface area (Å²) < 4.78 is 3.19. The third kappa shape index (κ3) is 0.792. The third-order valence-electron chi connectivity index (χ3n) is 1.32. The highest BCUT2D eigenvalue weighted by atomic mass is 127. The van der Waals surface area contributed by atoms with Crippen LogP contribution < -0.4 is 5.73 Å². The Labute approximate surface area is 68.1 Å². The summed E-state index contributed by atoms with van der Waals surface area (Å²) in [5, 5.41) is 0. The Hall–Kier alpha value is -0.650. The summed E-state index contributed by atoms with van der Waals surface area (Å²) in [5.74, 6) is 0.641. The van der Waals surface area contributed by atoms with E-state index in [1.54, 1.807) is 0 Å². The van der Waals surface area contributed by atoms with Gasteiger partial charge in [0.15, 0.2) is 0 Å². The first kappa shape index (κ1) is 6.09. The van der Waals surface area contributed by atoms with Crippen molar-refractivity contribution in [2.75, 3.05) is 0 Å². The topological polar surface area (TPSA) is 54.2 Å². The maximum Gasteiger partial charge on any atom is 0.133 e. The van der Waals surface area contributed by atoms with Crippen LogP contribution in [0.4, 0.5) is 0 Å². The van der Waals surface area contributed by atoms with Crippen molar-refractivity contribution >= 4 is 30.7 Å². The second kappa shape index (κ2) is 2.19. The summed E-state index contributed by atoms with van der Waals surface area (Å²) in [5.41, 5.74) is 6.70. The Balaban J connectivity index is 2.67. The minimum Gasteiger partial charge on any atom is -0.383 e. The van der Waals surface area contributed by atoms with Crippen LogP contribution in [0.2, 0.25) is 0 Å². The van der Waals surface area contributed by atoms with Crippen molar-refractivity contribution in [2.45, 2.75) is 0 Å². The van der Waals surface area contributed by atoms with Gasteiger partial charge in [-0.25, -0.2) is 4.99 Å². The summed E-state index contributed by atoms with van der Waals surface area (Å²) in [7, 11) is 0. The van der Waals surface area contributed by atoms with Gasteiger partial charge in [-0.05, 0) is 26.8 Å². The van der Waals surface area contributed by atoms with Crippen LogP contribution in [-0.4, -0.2) is 15.0 Å². The number of rotatable bonds is 0.